The van der Waals surface area contributed by atoms with Gasteiger partial charge in [-0.05, 0) is 58.7 Å². The molecule has 4 aromatic carbocycles. The van der Waals surface area contributed by atoms with Crippen molar-refractivity contribution < 1.29 is 0 Å². The number of anilines is 1. The lowest BCUT2D eigenvalue weighted by Gasteiger charge is -2.21. The minimum absolute atomic E-state index is 0.187. The fraction of sp³-hybridized carbons (Fsp3) is 0.120. The van der Waals surface area contributed by atoms with E-state index in [1.54, 1.807) is 0 Å². The van der Waals surface area contributed by atoms with E-state index in [1.165, 1.54) is 49.8 Å². The number of fused-ring (bicyclic) bond motifs is 4. The van der Waals surface area contributed by atoms with Gasteiger partial charge in [-0.1, -0.05) is 72.8 Å². The molecular formula is C25H21N. The molecule has 0 saturated carbocycles. The number of benzene rings is 4. The van der Waals surface area contributed by atoms with Gasteiger partial charge in [-0.2, -0.15) is 0 Å². The molecule has 0 aliphatic heterocycles. The summed E-state index contributed by atoms with van der Waals surface area (Å²) in [6.07, 6.45) is 0. The van der Waals surface area contributed by atoms with E-state index in [9.17, 15) is 0 Å². The predicted octanol–water partition coefficient (Wildman–Crippen LogP) is 6.64. The van der Waals surface area contributed by atoms with Gasteiger partial charge in [0.25, 0.3) is 0 Å². The maximum atomic E-state index is 3.86. The van der Waals surface area contributed by atoms with Gasteiger partial charge < -0.3 is 5.32 Å². The monoisotopic (exact) mass is 335 g/mol. The van der Waals surface area contributed by atoms with E-state index in [4.69, 9.17) is 0 Å². The van der Waals surface area contributed by atoms with Gasteiger partial charge in [-0.15, -0.1) is 0 Å². The third-order valence-corrected chi connectivity index (χ3v) is 5.73. The summed E-state index contributed by atoms with van der Waals surface area (Å²) in [5, 5.41) is 6.40. The first-order valence-electron chi connectivity index (χ1n) is 9.18. The van der Waals surface area contributed by atoms with Gasteiger partial charge in [0.2, 0.25) is 0 Å². The SMILES string of the molecule is Cc1ccc2c(c1C)C(Nc1cccc3ccccc13)c1ccccc1-2. The van der Waals surface area contributed by atoms with Crippen LogP contribution in [-0.2, 0) is 0 Å². The van der Waals surface area contributed by atoms with Crippen molar-refractivity contribution in [3.05, 3.63) is 101 Å². The maximum Gasteiger partial charge on any atom is 0.0782 e. The topological polar surface area (TPSA) is 12.0 Å². The Morgan fingerprint density at radius 1 is 0.692 bits per heavy atom. The van der Waals surface area contributed by atoms with Crippen LogP contribution in [0.3, 0.4) is 0 Å². The van der Waals surface area contributed by atoms with Crippen molar-refractivity contribution in [2.75, 3.05) is 5.32 Å². The van der Waals surface area contributed by atoms with E-state index in [1.807, 2.05) is 0 Å². The van der Waals surface area contributed by atoms with Crippen LogP contribution in [0.5, 0.6) is 0 Å². The van der Waals surface area contributed by atoms with Crippen LogP contribution < -0.4 is 5.32 Å². The summed E-state index contributed by atoms with van der Waals surface area (Å²) in [4.78, 5) is 0. The molecule has 1 nitrogen and oxygen atoms in total. The molecule has 4 aromatic rings. The number of rotatable bonds is 2. The zero-order valence-electron chi connectivity index (χ0n) is 15.1. The third kappa shape index (κ3) is 2.17. The first kappa shape index (κ1) is 15.2. The molecule has 1 atom stereocenters. The molecule has 0 heterocycles. The Bertz CT molecular complexity index is 1130. The quantitative estimate of drug-likeness (QED) is 0.433. The van der Waals surface area contributed by atoms with E-state index in [0.717, 1.165) is 0 Å². The van der Waals surface area contributed by atoms with Crippen molar-refractivity contribution >= 4 is 16.5 Å². The smallest absolute Gasteiger partial charge is 0.0782 e. The molecule has 1 aliphatic carbocycles. The van der Waals surface area contributed by atoms with Crippen LogP contribution in [-0.4, -0.2) is 0 Å². The normalized spacial score (nSPS) is 14.9. The molecule has 1 heteroatoms. The molecule has 0 aromatic heterocycles. The third-order valence-electron chi connectivity index (χ3n) is 5.73. The van der Waals surface area contributed by atoms with Crippen LogP contribution in [0.15, 0.2) is 78.9 Å². The van der Waals surface area contributed by atoms with Gasteiger partial charge in [0.05, 0.1) is 6.04 Å². The Hall–Kier alpha value is -3.06. The van der Waals surface area contributed by atoms with Crippen molar-refractivity contribution in [3.8, 4) is 11.1 Å². The van der Waals surface area contributed by atoms with Gasteiger partial charge in [-0.25, -0.2) is 0 Å². The standard InChI is InChI=1S/C25H21N/c1-16-14-15-21-20-11-5-6-12-22(20)25(24(21)17(16)2)26-23-13-7-9-18-8-3-4-10-19(18)23/h3-15,25-26H,1-2H3. The van der Waals surface area contributed by atoms with Crippen molar-refractivity contribution in [1.29, 1.82) is 0 Å². The molecule has 1 aliphatic rings. The second-order valence-electron chi connectivity index (χ2n) is 7.16. The average Bonchev–Trinajstić information content (AvgIpc) is 2.99. The van der Waals surface area contributed by atoms with E-state index in [0.29, 0.717) is 0 Å². The molecule has 1 unspecified atom stereocenters. The summed E-state index contributed by atoms with van der Waals surface area (Å²) in [5.74, 6) is 0. The van der Waals surface area contributed by atoms with Gasteiger partial charge >= 0.3 is 0 Å². The van der Waals surface area contributed by atoms with Gasteiger partial charge in [0.15, 0.2) is 0 Å². The van der Waals surface area contributed by atoms with Crippen LogP contribution >= 0.6 is 0 Å². The van der Waals surface area contributed by atoms with Crippen LogP contribution in [0.1, 0.15) is 28.3 Å². The lowest BCUT2D eigenvalue weighted by molar-refractivity contribution is 0.959. The zero-order valence-corrected chi connectivity index (χ0v) is 15.1. The second kappa shape index (κ2) is 5.74. The first-order chi connectivity index (χ1) is 12.7. The van der Waals surface area contributed by atoms with Crippen LogP contribution in [0, 0.1) is 13.8 Å². The summed E-state index contributed by atoms with van der Waals surface area (Å²) in [7, 11) is 0. The molecule has 0 bridgehead atoms. The second-order valence-corrected chi connectivity index (χ2v) is 7.16. The predicted molar refractivity (Wildman–Crippen MR) is 111 cm³/mol. The highest BCUT2D eigenvalue weighted by Gasteiger charge is 2.30. The van der Waals surface area contributed by atoms with Crippen molar-refractivity contribution in [1.82, 2.24) is 0 Å². The molecule has 0 amide bonds. The molecule has 126 valence electrons. The number of aryl methyl sites for hydroxylation is 1. The van der Waals surface area contributed by atoms with Gasteiger partial charge in [0.1, 0.15) is 0 Å². The van der Waals surface area contributed by atoms with E-state index in [2.05, 4.69) is 98.0 Å². The number of hydrogen-bond acceptors (Lipinski definition) is 1. The Morgan fingerprint density at radius 3 is 2.38 bits per heavy atom. The molecule has 0 saturated heterocycles. The fourth-order valence-corrected chi connectivity index (χ4v) is 4.25. The Balaban J connectivity index is 1.71. The van der Waals surface area contributed by atoms with E-state index >= 15 is 0 Å². The van der Waals surface area contributed by atoms with Crippen molar-refractivity contribution in [2.45, 2.75) is 19.9 Å². The van der Waals surface area contributed by atoms with Crippen LogP contribution in [0.25, 0.3) is 21.9 Å². The minimum Gasteiger partial charge on any atom is -0.374 e. The molecule has 26 heavy (non-hydrogen) atoms. The van der Waals surface area contributed by atoms with Gasteiger partial charge in [-0.3, -0.25) is 0 Å². The van der Waals surface area contributed by atoms with Crippen molar-refractivity contribution in [3.63, 3.8) is 0 Å². The average molecular weight is 335 g/mol. The highest BCUT2D eigenvalue weighted by atomic mass is 14.9. The highest BCUT2D eigenvalue weighted by Crippen LogP contribution is 2.47. The van der Waals surface area contributed by atoms with Crippen LogP contribution in [0.4, 0.5) is 5.69 Å². The summed E-state index contributed by atoms with van der Waals surface area (Å²) in [6, 6.07) is 28.6. The summed E-state index contributed by atoms with van der Waals surface area (Å²) in [5.41, 5.74) is 9.42. The van der Waals surface area contributed by atoms with Gasteiger partial charge in [0, 0.05) is 11.1 Å². The zero-order chi connectivity index (χ0) is 17.7. The summed E-state index contributed by atoms with van der Waals surface area (Å²) < 4.78 is 0. The number of hydrogen-bond donors (Lipinski definition) is 1. The lowest BCUT2D eigenvalue weighted by atomic mass is 9.95. The molecule has 5 rings (SSSR count). The largest absolute Gasteiger partial charge is 0.374 e. The molecule has 0 fully saturated rings. The Kier molecular flexibility index (Phi) is 3.36. The minimum atomic E-state index is 0.187. The molecule has 0 radical (unpaired) electrons. The Morgan fingerprint density at radius 2 is 1.46 bits per heavy atom. The van der Waals surface area contributed by atoms with Crippen LogP contribution in [0.2, 0.25) is 0 Å². The molecule has 1 N–H and O–H groups in total. The maximum absolute atomic E-state index is 3.86. The molecule has 0 spiro atoms. The summed E-state index contributed by atoms with van der Waals surface area (Å²) in [6.45, 7) is 4.45. The highest BCUT2D eigenvalue weighted by molar-refractivity contribution is 5.94. The van der Waals surface area contributed by atoms with Crippen molar-refractivity contribution in [2.24, 2.45) is 0 Å². The number of nitrogens with one attached hydrogen (secondary N) is 1. The first-order valence-corrected chi connectivity index (χ1v) is 9.18. The molecular weight excluding hydrogens is 314 g/mol. The Labute approximate surface area is 154 Å². The van der Waals surface area contributed by atoms with E-state index in [-0.39, 0.29) is 6.04 Å². The fourth-order valence-electron chi connectivity index (χ4n) is 4.25. The lowest BCUT2D eigenvalue weighted by Crippen LogP contribution is -2.11. The summed E-state index contributed by atoms with van der Waals surface area (Å²) >= 11 is 0. The van der Waals surface area contributed by atoms with E-state index < -0.39 is 0 Å².